The van der Waals surface area contributed by atoms with Crippen molar-refractivity contribution in [3.63, 3.8) is 0 Å². The second-order valence-electron chi connectivity index (χ2n) is 19.6. The maximum absolute atomic E-state index is 12.2. The highest BCUT2D eigenvalue weighted by atomic mass is 16.8. The summed E-state index contributed by atoms with van der Waals surface area (Å²) < 4.78 is 24.1. The summed E-state index contributed by atoms with van der Waals surface area (Å²) in [5, 5.41) is 97.6. The van der Waals surface area contributed by atoms with Crippen LogP contribution in [0.15, 0.2) is 23.8 Å². The van der Waals surface area contributed by atoms with E-state index in [4.69, 9.17) is 18.9 Å². The lowest BCUT2D eigenvalue weighted by Gasteiger charge is -2.71. The Hall–Kier alpha value is -1.04. The van der Waals surface area contributed by atoms with Crippen molar-refractivity contribution in [1.82, 2.24) is 0 Å². The number of ether oxygens (including phenoxy) is 4. The Morgan fingerprint density at radius 3 is 1.95 bits per heavy atom. The first-order chi connectivity index (χ1) is 25.7. The number of fused-ring (bicyclic) bond motifs is 5. The fraction of sp³-hybridized carbons (Fsp3) is 0.905. The predicted octanol–water partition coefficient (Wildman–Crippen LogP) is 1.93. The Morgan fingerprint density at radius 2 is 1.33 bits per heavy atom. The van der Waals surface area contributed by atoms with Gasteiger partial charge in [-0.1, -0.05) is 58.4 Å². The molecule has 0 bridgehead atoms. The molecule has 0 spiro atoms. The lowest BCUT2D eigenvalue weighted by Crippen LogP contribution is -2.69. The Bertz CT molecular complexity index is 1400. The summed E-state index contributed by atoms with van der Waals surface area (Å²) in [7, 11) is 0. The molecule has 2 unspecified atom stereocenters. The van der Waals surface area contributed by atoms with Crippen LogP contribution in [0.3, 0.4) is 0 Å². The molecule has 2 aliphatic heterocycles. The Kier molecular flexibility index (Phi) is 12.6. The van der Waals surface area contributed by atoms with Gasteiger partial charge in [-0.25, -0.2) is 0 Å². The van der Waals surface area contributed by atoms with Crippen molar-refractivity contribution >= 4 is 0 Å². The molecule has 0 radical (unpaired) electrons. The fourth-order valence-corrected chi connectivity index (χ4v) is 13.1. The Labute approximate surface area is 326 Å². The minimum Gasteiger partial charge on any atom is -0.394 e. The van der Waals surface area contributed by atoms with Crippen molar-refractivity contribution in [2.75, 3.05) is 13.2 Å². The number of rotatable bonds is 10. The topological polar surface area (TPSA) is 219 Å². The largest absolute Gasteiger partial charge is 0.394 e. The van der Waals surface area contributed by atoms with Gasteiger partial charge in [-0.3, -0.25) is 0 Å². The van der Waals surface area contributed by atoms with Crippen molar-refractivity contribution in [3.8, 4) is 0 Å². The Balaban J connectivity index is 1.25. The quantitative estimate of drug-likeness (QED) is 0.115. The molecule has 316 valence electrons. The van der Waals surface area contributed by atoms with Gasteiger partial charge >= 0.3 is 0 Å². The van der Waals surface area contributed by atoms with E-state index in [9.17, 15) is 46.0 Å². The molecule has 9 N–H and O–H groups in total. The van der Waals surface area contributed by atoms with Crippen LogP contribution in [0.5, 0.6) is 0 Å². The van der Waals surface area contributed by atoms with Gasteiger partial charge in [0.05, 0.1) is 31.5 Å². The van der Waals surface area contributed by atoms with Gasteiger partial charge in [-0.05, 0) is 111 Å². The fourth-order valence-electron chi connectivity index (χ4n) is 13.1. The molecule has 0 aromatic rings. The molecular formula is C42H70O13. The molecule has 6 aliphatic rings. The second-order valence-corrected chi connectivity index (χ2v) is 19.6. The zero-order chi connectivity index (χ0) is 40.6. The smallest absolute Gasteiger partial charge is 0.187 e. The average Bonchev–Trinajstić information content (AvgIpc) is 3.49. The first-order valence-corrected chi connectivity index (χ1v) is 20.6. The van der Waals surface area contributed by atoms with Crippen LogP contribution in [0.4, 0.5) is 0 Å². The van der Waals surface area contributed by atoms with E-state index < -0.39 is 98.4 Å². The highest BCUT2D eigenvalue weighted by molar-refractivity contribution is 5.23. The van der Waals surface area contributed by atoms with Crippen LogP contribution in [0.2, 0.25) is 0 Å². The molecule has 0 aromatic heterocycles. The summed E-state index contributed by atoms with van der Waals surface area (Å²) >= 11 is 0. The van der Waals surface area contributed by atoms with Gasteiger partial charge < -0.3 is 64.9 Å². The van der Waals surface area contributed by atoms with Crippen LogP contribution in [-0.4, -0.2) is 139 Å². The second kappa shape index (κ2) is 15.9. The number of aliphatic hydroxyl groups excluding tert-OH is 9. The zero-order valence-electron chi connectivity index (χ0n) is 33.8. The van der Waals surface area contributed by atoms with E-state index in [1.165, 1.54) is 11.1 Å². The molecule has 6 rings (SSSR count). The third kappa shape index (κ3) is 7.12. The molecule has 55 heavy (non-hydrogen) atoms. The van der Waals surface area contributed by atoms with Crippen LogP contribution in [0, 0.1) is 45.3 Å². The van der Waals surface area contributed by atoms with Gasteiger partial charge in [0, 0.05) is 0 Å². The molecule has 13 nitrogen and oxygen atoms in total. The van der Waals surface area contributed by atoms with E-state index in [0.717, 1.165) is 38.5 Å². The van der Waals surface area contributed by atoms with Crippen LogP contribution in [0.25, 0.3) is 0 Å². The van der Waals surface area contributed by atoms with Crippen LogP contribution >= 0.6 is 0 Å². The van der Waals surface area contributed by atoms with E-state index in [1.54, 1.807) is 0 Å². The number of hydrogen-bond donors (Lipinski definition) is 9. The molecular weight excluding hydrogens is 712 g/mol. The lowest BCUT2D eigenvalue weighted by atomic mass is 9.35. The third-order valence-electron chi connectivity index (χ3n) is 16.1. The van der Waals surface area contributed by atoms with E-state index in [0.29, 0.717) is 12.8 Å². The summed E-state index contributed by atoms with van der Waals surface area (Å²) in [5.74, 6) is 0.556. The van der Waals surface area contributed by atoms with Crippen LogP contribution in [-0.2, 0) is 18.9 Å². The summed E-state index contributed by atoms with van der Waals surface area (Å²) in [4.78, 5) is 0. The normalized spacial score (nSPS) is 52.1. The highest BCUT2D eigenvalue weighted by Crippen LogP contribution is 2.75. The van der Waals surface area contributed by atoms with E-state index in [2.05, 4.69) is 61.1 Å². The number of aliphatic hydroxyl groups is 9. The summed E-state index contributed by atoms with van der Waals surface area (Å²) in [6.45, 7) is 18.6. The molecule has 4 saturated carbocycles. The van der Waals surface area contributed by atoms with E-state index in [1.807, 2.05) is 0 Å². The van der Waals surface area contributed by atoms with Gasteiger partial charge in [0.2, 0.25) is 0 Å². The van der Waals surface area contributed by atoms with Crippen LogP contribution < -0.4 is 0 Å². The first-order valence-electron chi connectivity index (χ1n) is 20.6. The molecule has 0 aromatic carbocycles. The maximum Gasteiger partial charge on any atom is 0.187 e. The van der Waals surface area contributed by atoms with Crippen LogP contribution in [0.1, 0.15) is 99.8 Å². The minimum absolute atomic E-state index is 0.0487. The Morgan fingerprint density at radius 1 is 0.727 bits per heavy atom. The number of allylic oxidation sites excluding steroid dienone is 3. The minimum atomic E-state index is -1.80. The van der Waals surface area contributed by atoms with E-state index >= 15 is 0 Å². The molecule has 6 fully saturated rings. The van der Waals surface area contributed by atoms with Crippen molar-refractivity contribution in [1.29, 1.82) is 0 Å². The molecule has 20 atom stereocenters. The van der Waals surface area contributed by atoms with Gasteiger partial charge in [0.1, 0.15) is 48.8 Å². The van der Waals surface area contributed by atoms with Gasteiger partial charge in [-0.15, -0.1) is 0 Å². The van der Waals surface area contributed by atoms with Gasteiger partial charge in [0.25, 0.3) is 0 Å². The molecule has 13 heteroatoms. The lowest BCUT2D eigenvalue weighted by molar-refractivity contribution is -0.383. The van der Waals surface area contributed by atoms with Crippen molar-refractivity contribution < 1.29 is 64.9 Å². The molecule has 4 aliphatic carbocycles. The molecule has 2 heterocycles. The summed E-state index contributed by atoms with van der Waals surface area (Å²) in [5.41, 5.74) is 1.28. The first kappa shape index (κ1) is 43.5. The summed E-state index contributed by atoms with van der Waals surface area (Å²) in [6, 6.07) is 0. The number of hydrogen-bond acceptors (Lipinski definition) is 13. The van der Waals surface area contributed by atoms with E-state index in [-0.39, 0.29) is 39.9 Å². The SMILES string of the molecule is C=C(CCC=C(C)C)[C@H]1CC[C@]2(C)C1[C@H](O)C[C@@H]1[C@@]3(C)C[C@@H](O)[C@H](O[C@@H]4O[C@H](CO)[C@@H](O)[C@H](O)[C@H]4O[C@@H]4O[C@H](CO)[C@@H](O)[C@H](O)[C@H]4O)C(C)(C)C3CC[C@]12C. The predicted molar refractivity (Wildman–Crippen MR) is 201 cm³/mol. The third-order valence-corrected chi connectivity index (χ3v) is 16.1. The summed E-state index contributed by atoms with van der Waals surface area (Å²) in [6.07, 6.45) is -9.14. The highest BCUT2D eigenvalue weighted by Gasteiger charge is 2.71. The molecule has 2 saturated heterocycles. The van der Waals surface area contributed by atoms with Gasteiger partial charge in [-0.2, -0.15) is 0 Å². The maximum atomic E-state index is 12.2. The molecule has 0 amide bonds. The zero-order valence-corrected chi connectivity index (χ0v) is 33.8. The van der Waals surface area contributed by atoms with Crippen molar-refractivity contribution in [2.24, 2.45) is 45.3 Å². The van der Waals surface area contributed by atoms with Crippen molar-refractivity contribution in [3.05, 3.63) is 23.8 Å². The standard InChI is InChI=1S/C42H70O13/c1-20(2)10-9-11-21(3)22-12-14-42(8)29(22)23(45)16-28-40(6)17-24(46)36(39(4,5)27(40)13-15-41(28,42)7)55-38-35(33(50)31(48)26(19-44)53-38)54-37-34(51)32(49)30(47)25(18-43)52-37/h10,22-38,43-51H,3,9,11-19H2,1-2,4-8H3/t22-,23-,24-,25-,26-,27?,28-,29?,30-,31-,32+,33+,34-,35-,36+,37+,38+,40+,41-,42-/m1/s1. The van der Waals surface area contributed by atoms with Gasteiger partial charge in [0.15, 0.2) is 12.6 Å². The average molecular weight is 783 g/mol. The van der Waals surface area contributed by atoms with Crippen molar-refractivity contribution in [2.45, 2.75) is 180 Å². The monoisotopic (exact) mass is 782 g/mol.